The summed E-state index contributed by atoms with van der Waals surface area (Å²) < 4.78 is 17.3. The summed E-state index contributed by atoms with van der Waals surface area (Å²) in [6, 6.07) is 23.9. The first-order chi connectivity index (χ1) is 16.1. The van der Waals surface area contributed by atoms with Gasteiger partial charge in [-0.25, -0.2) is 9.78 Å². The second-order valence-corrected chi connectivity index (χ2v) is 8.15. The smallest absolute Gasteiger partial charge is 0.338 e. The average Bonchev–Trinajstić information content (AvgIpc) is 3.22. The van der Waals surface area contributed by atoms with Crippen LogP contribution >= 0.6 is 0 Å². The van der Waals surface area contributed by atoms with E-state index in [1.54, 1.807) is 6.07 Å². The van der Waals surface area contributed by atoms with Crippen LogP contribution in [-0.4, -0.2) is 17.6 Å². The lowest BCUT2D eigenvalue weighted by Gasteiger charge is -2.15. The van der Waals surface area contributed by atoms with Crippen LogP contribution in [0.4, 0.5) is 0 Å². The van der Waals surface area contributed by atoms with Crippen LogP contribution in [0.1, 0.15) is 46.0 Å². The highest BCUT2D eigenvalue weighted by molar-refractivity contribution is 5.97. The Kier molecular flexibility index (Phi) is 5.90. The molecular weight excluding hydrogens is 414 g/mol. The fraction of sp³-hybridized carbons (Fsp3) is 0.214. The molecule has 0 radical (unpaired) electrons. The van der Waals surface area contributed by atoms with Gasteiger partial charge in [0.2, 0.25) is 6.29 Å². The van der Waals surface area contributed by atoms with Gasteiger partial charge in [-0.3, -0.25) is 0 Å². The highest BCUT2D eigenvalue weighted by atomic mass is 16.7. The first-order valence-electron chi connectivity index (χ1n) is 11.1. The van der Waals surface area contributed by atoms with Gasteiger partial charge in [-0.1, -0.05) is 54.1 Å². The van der Waals surface area contributed by atoms with E-state index in [0.29, 0.717) is 25.4 Å². The molecule has 2 heterocycles. The van der Waals surface area contributed by atoms with E-state index in [1.807, 2.05) is 50.2 Å². The van der Waals surface area contributed by atoms with Crippen LogP contribution in [0.25, 0.3) is 22.0 Å². The SMILES string of the molecule is CCOC(=O)c1ccccc1-c1cc(C)cc(COC2OCc3cc4ccccc4nc32)c1. The van der Waals surface area contributed by atoms with Crippen molar-refractivity contribution >= 4 is 16.9 Å². The van der Waals surface area contributed by atoms with Crippen LogP contribution in [0.5, 0.6) is 0 Å². The third-order valence-corrected chi connectivity index (χ3v) is 5.72. The monoisotopic (exact) mass is 439 g/mol. The topological polar surface area (TPSA) is 57.7 Å². The Hall–Kier alpha value is -3.54. The zero-order chi connectivity index (χ0) is 22.8. The molecule has 33 heavy (non-hydrogen) atoms. The van der Waals surface area contributed by atoms with E-state index in [2.05, 4.69) is 30.3 Å². The van der Waals surface area contributed by atoms with Gasteiger partial charge < -0.3 is 14.2 Å². The molecule has 0 bridgehead atoms. The van der Waals surface area contributed by atoms with Crippen molar-refractivity contribution in [3.63, 3.8) is 0 Å². The maximum atomic E-state index is 12.4. The summed E-state index contributed by atoms with van der Waals surface area (Å²) in [5, 5.41) is 1.10. The number of para-hydroxylation sites is 1. The molecule has 5 nitrogen and oxygen atoms in total. The van der Waals surface area contributed by atoms with Crippen LogP contribution in [0, 0.1) is 6.92 Å². The molecule has 1 unspecified atom stereocenters. The number of nitrogens with zero attached hydrogens (tertiary/aromatic N) is 1. The Morgan fingerprint density at radius 3 is 2.76 bits per heavy atom. The maximum Gasteiger partial charge on any atom is 0.338 e. The summed E-state index contributed by atoms with van der Waals surface area (Å²) in [4.78, 5) is 17.2. The summed E-state index contributed by atoms with van der Waals surface area (Å²) in [5.41, 5.74) is 7.28. The third-order valence-electron chi connectivity index (χ3n) is 5.72. The second kappa shape index (κ2) is 9.14. The molecule has 166 valence electrons. The van der Waals surface area contributed by atoms with E-state index < -0.39 is 6.29 Å². The zero-order valence-corrected chi connectivity index (χ0v) is 18.7. The molecule has 0 aliphatic carbocycles. The van der Waals surface area contributed by atoms with Gasteiger partial charge >= 0.3 is 5.97 Å². The number of pyridine rings is 1. The number of aryl methyl sites for hydroxylation is 1. The zero-order valence-electron chi connectivity index (χ0n) is 18.7. The molecule has 1 aromatic heterocycles. The van der Waals surface area contributed by atoms with E-state index in [0.717, 1.165) is 44.4 Å². The Morgan fingerprint density at radius 2 is 1.88 bits per heavy atom. The summed E-state index contributed by atoms with van der Waals surface area (Å²) in [6.45, 7) is 5.05. The largest absolute Gasteiger partial charge is 0.462 e. The fourth-order valence-corrected chi connectivity index (χ4v) is 4.26. The molecule has 0 N–H and O–H groups in total. The van der Waals surface area contributed by atoms with Crippen molar-refractivity contribution in [2.45, 2.75) is 33.4 Å². The lowest BCUT2D eigenvalue weighted by atomic mass is 9.96. The molecule has 5 heteroatoms. The fourth-order valence-electron chi connectivity index (χ4n) is 4.26. The van der Waals surface area contributed by atoms with Gasteiger partial charge in [0.05, 0.1) is 30.9 Å². The Balaban J connectivity index is 1.39. The van der Waals surface area contributed by atoms with E-state index in [-0.39, 0.29) is 5.97 Å². The number of hydrogen-bond acceptors (Lipinski definition) is 5. The number of esters is 1. The number of carbonyl (C=O) groups excluding carboxylic acids is 1. The predicted molar refractivity (Wildman–Crippen MR) is 127 cm³/mol. The normalized spacial score (nSPS) is 14.9. The van der Waals surface area contributed by atoms with E-state index >= 15 is 0 Å². The summed E-state index contributed by atoms with van der Waals surface area (Å²) in [5.74, 6) is -0.318. The van der Waals surface area contributed by atoms with Crippen molar-refractivity contribution in [1.29, 1.82) is 0 Å². The van der Waals surface area contributed by atoms with Gasteiger partial charge in [0.25, 0.3) is 0 Å². The van der Waals surface area contributed by atoms with Gasteiger partial charge in [0.1, 0.15) is 5.69 Å². The van der Waals surface area contributed by atoms with E-state index in [1.165, 1.54) is 0 Å². The molecule has 3 aromatic carbocycles. The maximum absolute atomic E-state index is 12.4. The third kappa shape index (κ3) is 4.38. The number of hydrogen-bond donors (Lipinski definition) is 0. The number of rotatable bonds is 6. The molecule has 0 amide bonds. The highest BCUT2D eigenvalue weighted by Crippen LogP contribution is 2.33. The van der Waals surface area contributed by atoms with Crippen LogP contribution in [0.2, 0.25) is 0 Å². The average molecular weight is 440 g/mol. The van der Waals surface area contributed by atoms with Crippen LogP contribution in [0.3, 0.4) is 0 Å². The number of benzene rings is 3. The van der Waals surface area contributed by atoms with Crippen LogP contribution in [0.15, 0.2) is 72.8 Å². The van der Waals surface area contributed by atoms with Gasteiger partial charge in [-0.15, -0.1) is 0 Å². The molecule has 0 fully saturated rings. The minimum atomic E-state index is -0.500. The van der Waals surface area contributed by atoms with Crippen molar-refractivity contribution < 1.29 is 19.0 Å². The highest BCUT2D eigenvalue weighted by Gasteiger charge is 2.26. The minimum Gasteiger partial charge on any atom is -0.462 e. The quantitative estimate of drug-likeness (QED) is 0.338. The van der Waals surface area contributed by atoms with Crippen molar-refractivity contribution in [3.05, 3.63) is 101 Å². The van der Waals surface area contributed by atoms with Crippen molar-refractivity contribution in [1.82, 2.24) is 4.98 Å². The predicted octanol–water partition coefficient (Wildman–Crippen LogP) is 6.13. The van der Waals surface area contributed by atoms with Crippen molar-refractivity contribution in [2.75, 3.05) is 6.61 Å². The van der Waals surface area contributed by atoms with Crippen LogP contribution < -0.4 is 0 Å². The molecule has 0 saturated heterocycles. The molecule has 5 rings (SSSR count). The number of ether oxygens (including phenoxy) is 3. The lowest BCUT2D eigenvalue weighted by Crippen LogP contribution is -2.07. The van der Waals surface area contributed by atoms with Gasteiger partial charge in [-0.2, -0.15) is 0 Å². The summed E-state index contributed by atoms with van der Waals surface area (Å²) in [6.07, 6.45) is -0.500. The second-order valence-electron chi connectivity index (χ2n) is 8.15. The Morgan fingerprint density at radius 1 is 1.06 bits per heavy atom. The van der Waals surface area contributed by atoms with Crippen LogP contribution in [-0.2, 0) is 27.4 Å². The molecule has 1 atom stereocenters. The summed E-state index contributed by atoms with van der Waals surface area (Å²) in [7, 11) is 0. The van der Waals surface area contributed by atoms with E-state index in [9.17, 15) is 4.79 Å². The van der Waals surface area contributed by atoms with Gasteiger partial charge in [0.15, 0.2) is 0 Å². The number of fused-ring (bicyclic) bond motifs is 2. The summed E-state index contributed by atoms with van der Waals surface area (Å²) >= 11 is 0. The van der Waals surface area contributed by atoms with Gasteiger partial charge in [0, 0.05) is 10.9 Å². The molecule has 0 spiro atoms. The number of carbonyl (C=O) groups is 1. The van der Waals surface area contributed by atoms with Crippen molar-refractivity contribution in [2.24, 2.45) is 0 Å². The molecule has 1 aliphatic heterocycles. The molecule has 4 aromatic rings. The lowest BCUT2D eigenvalue weighted by molar-refractivity contribution is -0.147. The molecule has 1 aliphatic rings. The molecule has 0 saturated carbocycles. The van der Waals surface area contributed by atoms with Gasteiger partial charge in [-0.05, 0) is 54.8 Å². The number of aromatic nitrogens is 1. The first-order valence-corrected chi connectivity index (χ1v) is 11.1. The Labute approximate surface area is 192 Å². The minimum absolute atomic E-state index is 0.318. The Bertz CT molecular complexity index is 1330. The standard InChI is InChI=1S/C28H25NO4/c1-3-31-27(30)24-10-6-5-9-23(24)21-13-18(2)12-19(14-21)16-32-28-26-22(17-33-28)15-20-8-4-7-11-25(20)29-26/h4-15,28H,3,16-17H2,1-2H3. The van der Waals surface area contributed by atoms with E-state index in [4.69, 9.17) is 19.2 Å². The first kappa shape index (κ1) is 21.3. The van der Waals surface area contributed by atoms with Crippen molar-refractivity contribution in [3.8, 4) is 11.1 Å². The molecular formula is C28H25NO4.